The van der Waals surface area contributed by atoms with Crippen LogP contribution in [0, 0.1) is 20.8 Å². The lowest BCUT2D eigenvalue weighted by atomic mass is 9.99. The van der Waals surface area contributed by atoms with Crippen LogP contribution in [0.15, 0.2) is 34.8 Å². The van der Waals surface area contributed by atoms with E-state index in [9.17, 15) is 4.79 Å². The van der Waals surface area contributed by atoms with Crippen molar-refractivity contribution in [2.45, 2.75) is 32.3 Å². The van der Waals surface area contributed by atoms with Crippen LogP contribution in [0.2, 0.25) is 0 Å². The minimum Gasteiger partial charge on any atom is -0.293 e. The van der Waals surface area contributed by atoms with Crippen molar-refractivity contribution < 1.29 is 4.79 Å². The minimum absolute atomic E-state index is 0.116. The first-order valence-electron chi connectivity index (χ1n) is 7.70. The highest BCUT2D eigenvalue weighted by Gasteiger charge is 2.13. The molecule has 2 aromatic heterocycles. The van der Waals surface area contributed by atoms with Crippen molar-refractivity contribution in [1.82, 2.24) is 15.2 Å². The maximum absolute atomic E-state index is 12.5. The number of thiophene rings is 1. The van der Waals surface area contributed by atoms with E-state index >= 15 is 0 Å². The van der Waals surface area contributed by atoms with E-state index in [0.717, 1.165) is 28.9 Å². The van der Waals surface area contributed by atoms with Gasteiger partial charge in [0, 0.05) is 16.9 Å². The number of H-pyrrole nitrogens is 1. The third kappa shape index (κ3) is 3.94. The zero-order chi connectivity index (χ0) is 17.1. The van der Waals surface area contributed by atoms with Crippen molar-refractivity contribution in [2.75, 3.05) is 5.75 Å². The van der Waals surface area contributed by atoms with Crippen molar-refractivity contribution in [3.8, 4) is 0 Å². The average Bonchev–Trinajstić information content (AvgIpc) is 3.21. The van der Waals surface area contributed by atoms with E-state index in [-0.39, 0.29) is 5.78 Å². The molecule has 0 fully saturated rings. The molecule has 2 heterocycles. The van der Waals surface area contributed by atoms with Gasteiger partial charge in [0.15, 0.2) is 5.78 Å². The molecule has 0 aliphatic rings. The van der Waals surface area contributed by atoms with Gasteiger partial charge in [-0.2, -0.15) is 0 Å². The van der Waals surface area contributed by atoms with E-state index in [1.54, 1.807) is 11.3 Å². The number of hydrogen-bond acceptors (Lipinski definition) is 5. The number of carbonyl (C=O) groups is 1. The molecule has 0 atom stereocenters. The summed E-state index contributed by atoms with van der Waals surface area (Å²) in [6.45, 7) is 6.08. The first-order valence-corrected chi connectivity index (χ1v) is 9.57. The van der Waals surface area contributed by atoms with Crippen LogP contribution in [0.5, 0.6) is 0 Å². The largest absolute Gasteiger partial charge is 0.293 e. The van der Waals surface area contributed by atoms with E-state index < -0.39 is 0 Å². The molecule has 24 heavy (non-hydrogen) atoms. The smallest absolute Gasteiger partial charge is 0.208 e. The zero-order valence-electron chi connectivity index (χ0n) is 13.9. The van der Waals surface area contributed by atoms with Crippen LogP contribution in [0.25, 0.3) is 0 Å². The van der Waals surface area contributed by atoms with Crippen molar-refractivity contribution >= 4 is 28.9 Å². The highest BCUT2D eigenvalue weighted by Crippen LogP contribution is 2.20. The summed E-state index contributed by atoms with van der Waals surface area (Å²) in [4.78, 5) is 18.2. The van der Waals surface area contributed by atoms with Gasteiger partial charge in [-0.3, -0.25) is 9.89 Å². The molecule has 0 aliphatic heterocycles. The summed E-state index contributed by atoms with van der Waals surface area (Å²) < 4.78 is 0. The Balaban J connectivity index is 1.62. The highest BCUT2D eigenvalue weighted by atomic mass is 32.2. The highest BCUT2D eigenvalue weighted by molar-refractivity contribution is 7.99. The molecule has 0 radical (unpaired) electrons. The molecule has 0 unspecified atom stereocenters. The summed E-state index contributed by atoms with van der Waals surface area (Å²) in [5.41, 5.74) is 4.17. The number of Topliss-reactive ketones (excluding diaryl/α,β-unsaturated/α-hetero) is 1. The summed E-state index contributed by atoms with van der Waals surface area (Å²) in [6.07, 6.45) is 0.745. The Kier molecular flexibility index (Phi) is 5.16. The third-order valence-electron chi connectivity index (χ3n) is 3.91. The predicted octanol–water partition coefficient (Wildman–Crippen LogP) is 4.36. The van der Waals surface area contributed by atoms with Gasteiger partial charge in [-0.15, -0.1) is 16.4 Å². The Labute approximate surface area is 149 Å². The van der Waals surface area contributed by atoms with E-state index in [1.807, 2.05) is 31.4 Å². The zero-order valence-corrected chi connectivity index (χ0v) is 15.6. The molecule has 3 aromatic rings. The lowest BCUT2D eigenvalue weighted by Gasteiger charge is -2.08. The summed E-state index contributed by atoms with van der Waals surface area (Å²) in [7, 11) is 0. The molecule has 0 spiro atoms. The average molecular weight is 358 g/mol. The molecular weight excluding hydrogens is 338 g/mol. The van der Waals surface area contributed by atoms with E-state index in [0.29, 0.717) is 10.9 Å². The lowest BCUT2D eigenvalue weighted by Crippen LogP contribution is -2.06. The van der Waals surface area contributed by atoms with Crippen LogP contribution in [-0.4, -0.2) is 26.7 Å². The lowest BCUT2D eigenvalue weighted by molar-refractivity contribution is 0.102. The predicted molar refractivity (Wildman–Crippen MR) is 99.2 cm³/mol. The maximum Gasteiger partial charge on any atom is 0.208 e. The van der Waals surface area contributed by atoms with Gasteiger partial charge >= 0.3 is 0 Å². The topological polar surface area (TPSA) is 58.6 Å². The molecule has 1 N–H and O–H groups in total. The Morgan fingerprint density at radius 1 is 1.21 bits per heavy atom. The van der Waals surface area contributed by atoms with Gasteiger partial charge in [0.2, 0.25) is 5.16 Å². The molecule has 1 aromatic carbocycles. The van der Waals surface area contributed by atoms with Crippen molar-refractivity contribution in [1.29, 1.82) is 0 Å². The number of ketones is 1. The fourth-order valence-electron chi connectivity index (χ4n) is 2.47. The fourth-order valence-corrected chi connectivity index (χ4v) is 3.88. The molecule has 4 nitrogen and oxygen atoms in total. The summed E-state index contributed by atoms with van der Waals surface area (Å²) >= 11 is 3.07. The number of aryl methyl sites for hydroxylation is 3. The van der Waals surface area contributed by atoms with Crippen LogP contribution in [-0.2, 0) is 6.42 Å². The van der Waals surface area contributed by atoms with Gasteiger partial charge in [-0.25, -0.2) is 4.98 Å². The first-order chi connectivity index (χ1) is 11.5. The number of benzene rings is 1. The van der Waals surface area contributed by atoms with Gasteiger partial charge in [0.05, 0.1) is 5.75 Å². The minimum atomic E-state index is 0.116. The molecule has 3 rings (SSSR count). The number of aromatic nitrogens is 3. The van der Waals surface area contributed by atoms with E-state index in [4.69, 9.17) is 0 Å². The van der Waals surface area contributed by atoms with Gasteiger partial charge in [-0.05, 0) is 55.0 Å². The van der Waals surface area contributed by atoms with Gasteiger partial charge in [0.1, 0.15) is 5.82 Å². The Hall–Kier alpha value is -1.92. The Morgan fingerprint density at radius 2 is 2.00 bits per heavy atom. The van der Waals surface area contributed by atoms with Crippen LogP contribution < -0.4 is 0 Å². The van der Waals surface area contributed by atoms with Gasteiger partial charge < -0.3 is 0 Å². The number of nitrogens with zero attached hydrogens (tertiary/aromatic N) is 2. The first kappa shape index (κ1) is 16.9. The number of thioether (sulfide) groups is 1. The number of rotatable bonds is 6. The van der Waals surface area contributed by atoms with Crippen molar-refractivity contribution in [3.05, 3.63) is 62.6 Å². The molecular formula is C18H19N3OS2. The quantitative estimate of drug-likeness (QED) is 0.526. The maximum atomic E-state index is 12.5. The van der Waals surface area contributed by atoms with Crippen molar-refractivity contribution in [2.24, 2.45) is 0 Å². The van der Waals surface area contributed by atoms with Crippen LogP contribution in [0.3, 0.4) is 0 Å². The molecule has 124 valence electrons. The normalized spacial score (nSPS) is 11.0. The molecule has 0 saturated heterocycles. The van der Waals surface area contributed by atoms with E-state index in [2.05, 4.69) is 34.2 Å². The third-order valence-corrected chi connectivity index (χ3v) is 5.63. The Morgan fingerprint density at radius 3 is 2.75 bits per heavy atom. The van der Waals surface area contributed by atoms with Gasteiger partial charge in [0.25, 0.3) is 0 Å². The van der Waals surface area contributed by atoms with Gasteiger partial charge in [-0.1, -0.05) is 23.9 Å². The van der Waals surface area contributed by atoms with Crippen LogP contribution in [0.1, 0.15) is 37.7 Å². The number of carbonyl (C=O) groups excluding carboxylic acids is 1. The second-order valence-electron chi connectivity index (χ2n) is 5.78. The molecule has 0 aliphatic carbocycles. The second-order valence-corrected chi connectivity index (χ2v) is 7.76. The fraction of sp³-hybridized carbons (Fsp3) is 0.278. The van der Waals surface area contributed by atoms with Crippen LogP contribution in [0.4, 0.5) is 0 Å². The monoisotopic (exact) mass is 357 g/mol. The number of hydrogen-bond donors (Lipinski definition) is 1. The molecule has 0 amide bonds. The molecule has 0 bridgehead atoms. The summed E-state index contributed by atoms with van der Waals surface area (Å²) in [5.74, 6) is 1.29. The van der Waals surface area contributed by atoms with E-state index in [1.165, 1.54) is 22.2 Å². The van der Waals surface area contributed by atoms with Crippen LogP contribution >= 0.6 is 23.1 Å². The SMILES string of the molecule is Cc1cc(C)c(C(=O)CSc2n[nH]c(Cc3cccs3)n2)cc1C. The second kappa shape index (κ2) is 7.32. The standard InChI is InChI=1S/C18H19N3OS2/c1-11-7-13(3)15(8-12(11)2)16(22)10-24-18-19-17(20-21-18)9-14-5-4-6-23-14/h4-8H,9-10H2,1-3H3,(H,19,20,21). The number of aromatic amines is 1. The van der Waals surface area contributed by atoms with Crippen molar-refractivity contribution in [3.63, 3.8) is 0 Å². The molecule has 0 saturated carbocycles. The Bertz CT molecular complexity index is 853. The summed E-state index contributed by atoms with van der Waals surface area (Å²) in [5, 5.41) is 9.81. The number of nitrogens with one attached hydrogen (secondary N) is 1. The summed E-state index contributed by atoms with van der Waals surface area (Å²) in [6, 6.07) is 8.15. The molecule has 6 heteroatoms.